The fraction of sp³-hybridized carbons (Fsp3) is 0.143. The summed E-state index contributed by atoms with van der Waals surface area (Å²) >= 11 is 3.22. The van der Waals surface area contributed by atoms with Crippen molar-refractivity contribution in [3.63, 3.8) is 0 Å². The molecule has 0 saturated heterocycles. The van der Waals surface area contributed by atoms with Crippen LogP contribution in [0, 0.1) is 0 Å². The molecule has 0 amide bonds. The minimum absolute atomic E-state index is 0.452. The number of nitrogens with zero attached hydrogens (tertiary/aromatic N) is 2. The Balaban J connectivity index is 2.57. The summed E-state index contributed by atoms with van der Waals surface area (Å²) in [6, 6.07) is 1.66. The maximum Gasteiger partial charge on any atom is 0.131 e. The number of anilines is 2. The molecular weight excluding hydrogens is 220 g/mol. The summed E-state index contributed by atoms with van der Waals surface area (Å²) in [6.07, 6.45) is 1.41. The zero-order valence-electron chi connectivity index (χ0n) is 6.42. The SMILES string of the molecule is C=C(Br)CNc1cc(N)ncn1. The fourth-order valence-corrected chi connectivity index (χ4v) is 0.796. The predicted molar refractivity (Wildman–Crippen MR) is 53.0 cm³/mol. The van der Waals surface area contributed by atoms with Crippen LogP contribution in [0.3, 0.4) is 0 Å². The Morgan fingerprint density at radius 2 is 2.42 bits per heavy atom. The number of nitrogen functional groups attached to an aromatic ring is 1. The van der Waals surface area contributed by atoms with Crippen LogP contribution in [0.4, 0.5) is 11.6 Å². The van der Waals surface area contributed by atoms with Crippen molar-refractivity contribution in [2.24, 2.45) is 0 Å². The second-order valence-electron chi connectivity index (χ2n) is 2.20. The van der Waals surface area contributed by atoms with Gasteiger partial charge in [0.15, 0.2) is 0 Å². The zero-order valence-corrected chi connectivity index (χ0v) is 8.00. The number of halogens is 1. The van der Waals surface area contributed by atoms with Crippen molar-refractivity contribution < 1.29 is 0 Å². The first kappa shape index (κ1) is 8.99. The Morgan fingerprint density at radius 1 is 1.67 bits per heavy atom. The number of hydrogen-bond acceptors (Lipinski definition) is 4. The van der Waals surface area contributed by atoms with Gasteiger partial charge >= 0.3 is 0 Å². The summed E-state index contributed by atoms with van der Waals surface area (Å²) in [7, 11) is 0. The van der Waals surface area contributed by atoms with Crippen molar-refractivity contribution in [3.8, 4) is 0 Å². The first-order valence-corrected chi connectivity index (χ1v) is 4.12. The Labute approximate surface area is 79.0 Å². The normalized spacial score (nSPS) is 9.42. The van der Waals surface area contributed by atoms with Gasteiger partial charge in [0.1, 0.15) is 18.0 Å². The summed E-state index contributed by atoms with van der Waals surface area (Å²) in [5, 5.41) is 3.01. The molecule has 0 aliphatic rings. The van der Waals surface area contributed by atoms with Crippen LogP contribution in [0.25, 0.3) is 0 Å². The number of hydrogen-bond donors (Lipinski definition) is 2. The molecule has 12 heavy (non-hydrogen) atoms. The van der Waals surface area contributed by atoms with Crippen molar-refractivity contribution in [1.82, 2.24) is 9.97 Å². The van der Waals surface area contributed by atoms with Crippen LogP contribution in [-0.2, 0) is 0 Å². The Bertz CT molecular complexity index is 286. The fourth-order valence-electron chi connectivity index (χ4n) is 0.655. The highest BCUT2D eigenvalue weighted by atomic mass is 79.9. The van der Waals surface area contributed by atoms with Crippen LogP contribution in [0.2, 0.25) is 0 Å². The topological polar surface area (TPSA) is 63.8 Å². The van der Waals surface area contributed by atoms with E-state index in [1.165, 1.54) is 6.33 Å². The summed E-state index contributed by atoms with van der Waals surface area (Å²) in [5.74, 6) is 1.15. The molecule has 5 heteroatoms. The van der Waals surface area contributed by atoms with E-state index in [9.17, 15) is 0 Å². The second kappa shape index (κ2) is 4.06. The molecule has 1 aromatic heterocycles. The van der Waals surface area contributed by atoms with E-state index in [-0.39, 0.29) is 0 Å². The predicted octanol–water partition coefficient (Wildman–Crippen LogP) is 1.38. The quantitative estimate of drug-likeness (QED) is 0.821. The van der Waals surface area contributed by atoms with Gasteiger partial charge in [-0.25, -0.2) is 9.97 Å². The number of nitrogens with one attached hydrogen (secondary N) is 1. The van der Waals surface area contributed by atoms with E-state index in [1.807, 2.05) is 0 Å². The molecular formula is C7H9BrN4. The lowest BCUT2D eigenvalue weighted by Crippen LogP contribution is -2.03. The summed E-state index contributed by atoms with van der Waals surface area (Å²) in [5.41, 5.74) is 5.44. The van der Waals surface area contributed by atoms with E-state index < -0.39 is 0 Å². The first-order chi connectivity index (χ1) is 5.68. The minimum Gasteiger partial charge on any atom is -0.384 e. The van der Waals surface area contributed by atoms with E-state index in [0.717, 1.165) is 4.48 Å². The molecule has 0 atom stereocenters. The highest BCUT2D eigenvalue weighted by molar-refractivity contribution is 9.11. The maximum atomic E-state index is 5.44. The smallest absolute Gasteiger partial charge is 0.131 e. The molecule has 0 fully saturated rings. The van der Waals surface area contributed by atoms with E-state index >= 15 is 0 Å². The Kier molecular flexibility index (Phi) is 3.04. The summed E-state index contributed by atoms with van der Waals surface area (Å²) < 4.78 is 0.861. The van der Waals surface area contributed by atoms with Crippen LogP contribution < -0.4 is 11.1 Å². The van der Waals surface area contributed by atoms with Gasteiger partial charge in [-0.2, -0.15) is 0 Å². The van der Waals surface area contributed by atoms with Crippen LogP contribution in [-0.4, -0.2) is 16.5 Å². The highest BCUT2D eigenvalue weighted by Gasteiger charge is 1.94. The van der Waals surface area contributed by atoms with Crippen molar-refractivity contribution in [1.29, 1.82) is 0 Å². The number of rotatable bonds is 3. The van der Waals surface area contributed by atoms with Gasteiger partial charge in [-0.3, -0.25) is 0 Å². The van der Waals surface area contributed by atoms with Gasteiger partial charge in [-0.05, 0) is 0 Å². The average Bonchev–Trinajstić information content (AvgIpc) is 2.01. The molecule has 3 N–H and O–H groups in total. The molecule has 0 aliphatic carbocycles. The van der Waals surface area contributed by atoms with Gasteiger partial charge in [0.2, 0.25) is 0 Å². The van der Waals surface area contributed by atoms with Crippen LogP contribution in [0.15, 0.2) is 23.5 Å². The summed E-state index contributed by atoms with van der Waals surface area (Å²) in [6.45, 7) is 4.29. The third-order valence-corrected chi connectivity index (χ3v) is 1.43. The van der Waals surface area contributed by atoms with Crippen molar-refractivity contribution in [3.05, 3.63) is 23.5 Å². The third kappa shape index (κ3) is 2.87. The van der Waals surface area contributed by atoms with Crippen LogP contribution in [0.5, 0.6) is 0 Å². The molecule has 0 radical (unpaired) electrons. The van der Waals surface area contributed by atoms with Crippen LogP contribution in [0.1, 0.15) is 0 Å². The van der Waals surface area contributed by atoms with Crippen molar-refractivity contribution in [2.75, 3.05) is 17.6 Å². The van der Waals surface area contributed by atoms with Crippen molar-refractivity contribution >= 4 is 27.6 Å². The lowest BCUT2D eigenvalue weighted by atomic mass is 10.5. The van der Waals surface area contributed by atoms with E-state index in [0.29, 0.717) is 18.2 Å². The third-order valence-electron chi connectivity index (χ3n) is 1.15. The van der Waals surface area contributed by atoms with Crippen molar-refractivity contribution in [2.45, 2.75) is 0 Å². The molecule has 0 aromatic carbocycles. The Hall–Kier alpha value is -1.10. The molecule has 0 aliphatic heterocycles. The maximum absolute atomic E-state index is 5.44. The second-order valence-corrected chi connectivity index (χ2v) is 3.32. The molecule has 0 spiro atoms. The largest absolute Gasteiger partial charge is 0.384 e. The van der Waals surface area contributed by atoms with Gasteiger partial charge < -0.3 is 11.1 Å². The number of nitrogens with two attached hydrogens (primary N) is 1. The van der Waals surface area contributed by atoms with Gasteiger partial charge in [0, 0.05) is 17.1 Å². The van der Waals surface area contributed by atoms with Gasteiger partial charge in [0.25, 0.3) is 0 Å². The molecule has 0 bridgehead atoms. The van der Waals surface area contributed by atoms with E-state index in [2.05, 4.69) is 37.8 Å². The van der Waals surface area contributed by atoms with Crippen LogP contribution >= 0.6 is 15.9 Å². The molecule has 4 nitrogen and oxygen atoms in total. The molecule has 0 saturated carbocycles. The van der Waals surface area contributed by atoms with Gasteiger partial charge in [-0.15, -0.1) is 0 Å². The monoisotopic (exact) mass is 228 g/mol. The number of aromatic nitrogens is 2. The van der Waals surface area contributed by atoms with E-state index in [1.54, 1.807) is 6.07 Å². The Morgan fingerprint density at radius 3 is 3.00 bits per heavy atom. The molecule has 1 heterocycles. The molecule has 64 valence electrons. The minimum atomic E-state index is 0.452. The highest BCUT2D eigenvalue weighted by Crippen LogP contribution is 2.07. The molecule has 1 aromatic rings. The zero-order chi connectivity index (χ0) is 8.97. The molecule has 1 rings (SSSR count). The average molecular weight is 229 g/mol. The van der Waals surface area contributed by atoms with E-state index in [4.69, 9.17) is 5.73 Å². The van der Waals surface area contributed by atoms with Gasteiger partial charge in [-0.1, -0.05) is 22.5 Å². The lowest BCUT2D eigenvalue weighted by Gasteiger charge is -2.03. The first-order valence-electron chi connectivity index (χ1n) is 3.33. The standard InChI is InChI=1S/C7H9BrN4/c1-5(8)3-10-7-2-6(9)11-4-12-7/h2,4H,1,3H2,(H3,9,10,11,12). The summed E-state index contributed by atoms with van der Waals surface area (Å²) in [4.78, 5) is 7.71. The lowest BCUT2D eigenvalue weighted by molar-refractivity contribution is 1.14. The van der Waals surface area contributed by atoms with Gasteiger partial charge in [0.05, 0.1) is 0 Å². The molecule has 0 unspecified atom stereocenters.